The van der Waals surface area contributed by atoms with E-state index in [4.69, 9.17) is 0 Å². The second-order valence-electron chi connectivity index (χ2n) is 3.89. The van der Waals surface area contributed by atoms with Crippen molar-refractivity contribution >= 4 is 10.8 Å². The quantitative estimate of drug-likeness (QED) is 0.797. The van der Waals surface area contributed by atoms with Crippen LogP contribution < -0.4 is 0 Å². The molecule has 2 rings (SSSR count). The van der Waals surface area contributed by atoms with Crippen molar-refractivity contribution in [2.75, 3.05) is 0 Å². The minimum absolute atomic E-state index is 0.380. The Balaban J connectivity index is 2.51. The Labute approximate surface area is 90.4 Å². The Kier molecular flexibility index (Phi) is 2.91. The summed E-state index contributed by atoms with van der Waals surface area (Å²) in [5.74, 6) is 0.380. The van der Waals surface area contributed by atoms with Gasteiger partial charge in [-0.1, -0.05) is 43.7 Å². The summed E-state index contributed by atoms with van der Waals surface area (Å²) in [4.78, 5) is 0. The molecule has 78 valence electrons. The first-order valence-electron chi connectivity index (χ1n) is 5.52. The van der Waals surface area contributed by atoms with E-state index in [1.807, 2.05) is 24.3 Å². The molecule has 2 aromatic rings. The predicted molar refractivity (Wildman–Crippen MR) is 64.2 cm³/mol. The van der Waals surface area contributed by atoms with Crippen LogP contribution in [0.2, 0.25) is 0 Å². The lowest BCUT2D eigenvalue weighted by Gasteiger charge is -2.07. The highest BCUT2D eigenvalue weighted by atomic mass is 16.3. The third-order valence-corrected chi connectivity index (χ3v) is 2.79. The van der Waals surface area contributed by atoms with Crippen LogP contribution in [0.1, 0.15) is 25.3 Å². The average molecular weight is 200 g/mol. The number of aromatic hydroxyl groups is 1. The van der Waals surface area contributed by atoms with Gasteiger partial charge in [-0.15, -0.1) is 0 Å². The molecule has 0 heterocycles. The van der Waals surface area contributed by atoms with Crippen molar-refractivity contribution in [2.24, 2.45) is 0 Å². The van der Waals surface area contributed by atoms with E-state index in [9.17, 15) is 5.11 Å². The third kappa shape index (κ3) is 1.96. The first-order valence-corrected chi connectivity index (χ1v) is 5.52. The van der Waals surface area contributed by atoms with Crippen molar-refractivity contribution in [1.82, 2.24) is 0 Å². The SMILES string of the molecule is CCCCc1ccc(O)c2ccccc12. The van der Waals surface area contributed by atoms with Crippen molar-refractivity contribution in [3.05, 3.63) is 42.0 Å². The van der Waals surface area contributed by atoms with Gasteiger partial charge in [0.25, 0.3) is 0 Å². The Bertz CT molecular complexity index is 460. The molecule has 0 aliphatic heterocycles. The molecule has 1 heteroatoms. The molecule has 0 radical (unpaired) electrons. The molecule has 0 atom stereocenters. The topological polar surface area (TPSA) is 20.2 Å². The molecule has 1 nitrogen and oxygen atoms in total. The van der Waals surface area contributed by atoms with E-state index in [-0.39, 0.29) is 0 Å². The number of hydrogen-bond donors (Lipinski definition) is 1. The number of rotatable bonds is 3. The number of hydrogen-bond acceptors (Lipinski definition) is 1. The van der Waals surface area contributed by atoms with Gasteiger partial charge in [0.05, 0.1) is 0 Å². The van der Waals surface area contributed by atoms with E-state index in [1.54, 1.807) is 6.07 Å². The number of phenolic OH excluding ortho intramolecular Hbond substituents is 1. The van der Waals surface area contributed by atoms with Gasteiger partial charge in [-0.05, 0) is 29.9 Å². The highest BCUT2D eigenvalue weighted by Crippen LogP contribution is 2.28. The minimum Gasteiger partial charge on any atom is -0.507 e. The highest BCUT2D eigenvalue weighted by Gasteiger charge is 2.03. The lowest BCUT2D eigenvalue weighted by Crippen LogP contribution is -1.87. The third-order valence-electron chi connectivity index (χ3n) is 2.79. The van der Waals surface area contributed by atoms with Crippen LogP contribution in [0.3, 0.4) is 0 Å². The molecule has 0 saturated carbocycles. The fourth-order valence-corrected chi connectivity index (χ4v) is 1.93. The summed E-state index contributed by atoms with van der Waals surface area (Å²) < 4.78 is 0. The maximum absolute atomic E-state index is 9.72. The van der Waals surface area contributed by atoms with E-state index < -0.39 is 0 Å². The second kappa shape index (κ2) is 4.35. The Hall–Kier alpha value is -1.50. The van der Waals surface area contributed by atoms with E-state index >= 15 is 0 Å². The number of phenols is 1. The highest BCUT2D eigenvalue weighted by molar-refractivity contribution is 5.90. The van der Waals surface area contributed by atoms with Crippen molar-refractivity contribution in [3.8, 4) is 5.75 Å². The molecule has 0 aliphatic rings. The van der Waals surface area contributed by atoms with Crippen LogP contribution in [0.5, 0.6) is 5.75 Å². The van der Waals surface area contributed by atoms with E-state index in [0.29, 0.717) is 5.75 Å². The fourth-order valence-electron chi connectivity index (χ4n) is 1.93. The molecule has 0 aromatic heterocycles. The molecule has 0 aliphatic carbocycles. The predicted octanol–water partition coefficient (Wildman–Crippen LogP) is 3.89. The first-order chi connectivity index (χ1) is 7.33. The zero-order valence-corrected chi connectivity index (χ0v) is 9.03. The Morgan fingerprint density at radius 1 is 1.00 bits per heavy atom. The van der Waals surface area contributed by atoms with Crippen molar-refractivity contribution in [3.63, 3.8) is 0 Å². The van der Waals surface area contributed by atoms with Crippen LogP contribution in [0, 0.1) is 0 Å². The molecule has 0 amide bonds. The van der Waals surface area contributed by atoms with Crippen LogP contribution in [0.4, 0.5) is 0 Å². The van der Waals surface area contributed by atoms with Crippen molar-refractivity contribution in [2.45, 2.75) is 26.2 Å². The standard InChI is InChI=1S/C14H16O/c1-2-3-6-11-9-10-14(15)13-8-5-4-7-12(11)13/h4-5,7-10,15H,2-3,6H2,1H3. The van der Waals surface area contributed by atoms with Gasteiger partial charge in [-0.2, -0.15) is 0 Å². The number of aryl methyl sites for hydroxylation is 1. The smallest absolute Gasteiger partial charge is 0.123 e. The molecule has 2 aromatic carbocycles. The summed E-state index contributed by atoms with van der Waals surface area (Å²) in [6, 6.07) is 11.9. The monoisotopic (exact) mass is 200 g/mol. The zero-order valence-electron chi connectivity index (χ0n) is 9.03. The molecule has 0 bridgehead atoms. The van der Waals surface area contributed by atoms with E-state index in [2.05, 4.69) is 13.0 Å². The summed E-state index contributed by atoms with van der Waals surface area (Å²) in [6.45, 7) is 2.20. The molecular formula is C14H16O. The zero-order chi connectivity index (χ0) is 10.7. The molecule has 1 N–H and O–H groups in total. The molecule has 0 saturated heterocycles. The van der Waals surface area contributed by atoms with Gasteiger partial charge >= 0.3 is 0 Å². The fraction of sp³-hybridized carbons (Fsp3) is 0.286. The van der Waals surface area contributed by atoms with Gasteiger partial charge in [0.2, 0.25) is 0 Å². The van der Waals surface area contributed by atoms with Gasteiger partial charge < -0.3 is 5.11 Å². The average Bonchev–Trinajstić information content (AvgIpc) is 2.29. The van der Waals surface area contributed by atoms with E-state index in [1.165, 1.54) is 23.8 Å². The molecule has 15 heavy (non-hydrogen) atoms. The van der Waals surface area contributed by atoms with Crippen molar-refractivity contribution < 1.29 is 5.11 Å². The Morgan fingerprint density at radius 2 is 1.73 bits per heavy atom. The second-order valence-corrected chi connectivity index (χ2v) is 3.89. The maximum atomic E-state index is 9.72. The summed E-state index contributed by atoms with van der Waals surface area (Å²) in [5.41, 5.74) is 1.34. The summed E-state index contributed by atoms with van der Waals surface area (Å²) >= 11 is 0. The van der Waals surface area contributed by atoms with Crippen LogP contribution in [0.15, 0.2) is 36.4 Å². The molecule has 0 fully saturated rings. The van der Waals surface area contributed by atoms with Crippen molar-refractivity contribution in [1.29, 1.82) is 0 Å². The lowest BCUT2D eigenvalue weighted by atomic mass is 10.00. The van der Waals surface area contributed by atoms with Crippen LogP contribution >= 0.6 is 0 Å². The Morgan fingerprint density at radius 3 is 2.47 bits per heavy atom. The molecule has 0 spiro atoms. The van der Waals surface area contributed by atoms with Crippen LogP contribution in [-0.2, 0) is 6.42 Å². The van der Waals surface area contributed by atoms with E-state index in [0.717, 1.165) is 11.8 Å². The number of benzene rings is 2. The molecular weight excluding hydrogens is 184 g/mol. The van der Waals surface area contributed by atoms with Gasteiger partial charge in [0, 0.05) is 5.39 Å². The van der Waals surface area contributed by atoms with Crippen LogP contribution in [-0.4, -0.2) is 5.11 Å². The summed E-state index contributed by atoms with van der Waals surface area (Å²) in [6.07, 6.45) is 3.50. The summed E-state index contributed by atoms with van der Waals surface area (Å²) in [7, 11) is 0. The largest absolute Gasteiger partial charge is 0.507 e. The van der Waals surface area contributed by atoms with Gasteiger partial charge in [0.1, 0.15) is 5.75 Å². The number of unbranched alkanes of at least 4 members (excludes halogenated alkanes) is 1. The number of fused-ring (bicyclic) bond motifs is 1. The normalized spacial score (nSPS) is 10.7. The van der Waals surface area contributed by atoms with Crippen LogP contribution in [0.25, 0.3) is 10.8 Å². The lowest BCUT2D eigenvalue weighted by molar-refractivity contribution is 0.481. The maximum Gasteiger partial charge on any atom is 0.123 e. The minimum atomic E-state index is 0.380. The van der Waals surface area contributed by atoms with Gasteiger partial charge in [0.15, 0.2) is 0 Å². The first kappa shape index (κ1) is 10.0. The van der Waals surface area contributed by atoms with Gasteiger partial charge in [-0.25, -0.2) is 0 Å². The van der Waals surface area contributed by atoms with Gasteiger partial charge in [-0.3, -0.25) is 0 Å². The summed E-state index contributed by atoms with van der Waals surface area (Å²) in [5, 5.41) is 11.9. The molecule has 0 unspecified atom stereocenters.